The number of carbonyl (C=O) groups excluding carboxylic acids is 1. The summed E-state index contributed by atoms with van der Waals surface area (Å²) >= 11 is 5.95. The van der Waals surface area contributed by atoms with E-state index in [0.717, 1.165) is 30.4 Å². The minimum atomic E-state index is -0.0740. The van der Waals surface area contributed by atoms with Crippen LogP contribution in [-0.2, 0) is 4.79 Å². The highest BCUT2D eigenvalue weighted by atomic mass is 35.5. The average molecular weight is 239 g/mol. The van der Waals surface area contributed by atoms with Crippen LogP contribution in [0.25, 0.3) is 0 Å². The number of allylic oxidation sites excluding steroid dienone is 3. The van der Waals surface area contributed by atoms with Gasteiger partial charge in [0.05, 0.1) is 0 Å². The molecule has 2 rings (SSSR count). The molecule has 0 amide bonds. The molecule has 0 aromatic rings. The number of ketones is 1. The first-order chi connectivity index (χ1) is 7.53. The number of Topliss-reactive ketones (excluding diaryl/α,β-unsaturated/α-hetero) is 1. The Kier molecular flexibility index (Phi) is 3.00. The summed E-state index contributed by atoms with van der Waals surface area (Å²) in [5.74, 6) is 1.34. The maximum absolute atomic E-state index is 12.0. The van der Waals surface area contributed by atoms with Crippen molar-refractivity contribution in [2.45, 2.75) is 39.5 Å². The molecule has 0 aliphatic heterocycles. The lowest BCUT2D eigenvalue weighted by molar-refractivity contribution is -0.114. The predicted molar refractivity (Wildman–Crippen MR) is 67.6 cm³/mol. The normalized spacial score (nSPS) is 34.2. The summed E-state index contributed by atoms with van der Waals surface area (Å²) in [5.41, 5.74) is 3.30. The van der Waals surface area contributed by atoms with Gasteiger partial charge in [0.25, 0.3) is 0 Å². The number of hydrogen-bond acceptors (Lipinski definition) is 1. The first-order valence-corrected chi connectivity index (χ1v) is 6.55. The lowest BCUT2D eigenvalue weighted by Crippen LogP contribution is -2.30. The summed E-state index contributed by atoms with van der Waals surface area (Å²) in [6, 6.07) is 0. The zero-order valence-corrected chi connectivity index (χ0v) is 10.9. The van der Waals surface area contributed by atoms with Gasteiger partial charge in [-0.2, -0.15) is 0 Å². The monoisotopic (exact) mass is 238 g/mol. The molecule has 0 heterocycles. The van der Waals surface area contributed by atoms with Crippen LogP contribution in [0.4, 0.5) is 0 Å². The first kappa shape index (κ1) is 11.9. The predicted octanol–water partition coefficient (Wildman–Crippen LogP) is 3.88. The van der Waals surface area contributed by atoms with Crippen molar-refractivity contribution < 1.29 is 4.79 Å². The molecule has 88 valence electrons. The quantitative estimate of drug-likeness (QED) is 0.527. The van der Waals surface area contributed by atoms with Crippen LogP contribution in [0.2, 0.25) is 0 Å². The van der Waals surface area contributed by atoms with Gasteiger partial charge in [-0.25, -0.2) is 0 Å². The van der Waals surface area contributed by atoms with Crippen molar-refractivity contribution in [1.29, 1.82) is 0 Å². The van der Waals surface area contributed by atoms with Gasteiger partial charge in [-0.3, -0.25) is 4.79 Å². The molecule has 1 saturated carbocycles. The molecule has 2 heteroatoms. The van der Waals surface area contributed by atoms with Gasteiger partial charge < -0.3 is 0 Å². The molecular formula is C14H19ClO. The summed E-state index contributed by atoms with van der Waals surface area (Å²) in [4.78, 5) is 12.0. The lowest BCUT2D eigenvalue weighted by atomic mass is 9.65. The minimum Gasteiger partial charge on any atom is -0.295 e. The number of alkyl halides is 1. The van der Waals surface area contributed by atoms with Crippen molar-refractivity contribution in [2.24, 2.45) is 11.3 Å². The van der Waals surface area contributed by atoms with Gasteiger partial charge in [0.2, 0.25) is 0 Å². The van der Waals surface area contributed by atoms with Crippen molar-refractivity contribution in [3.05, 3.63) is 23.3 Å². The Morgan fingerprint density at radius 1 is 1.56 bits per heavy atom. The number of carbonyl (C=O) groups is 1. The van der Waals surface area contributed by atoms with Gasteiger partial charge in [0, 0.05) is 23.3 Å². The van der Waals surface area contributed by atoms with Crippen LogP contribution in [0, 0.1) is 11.3 Å². The van der Waals surface area contributed by atoms with E-state index in [1.165, 1.54) is 5.57 Å². The van der Waals surface area contributed by atoms with Crippen LogP contribution in [0.5, 0.6) is 0 Å². The van der Waals surface area contributed by atoms with E-state index in [-0.39, 0.29) is 5.41 Å². The van der Waals surface area contributed by atoms with Crippen molar-refractivity contribution in [3.8, 4) is 0 Å². The fourth-order valence-corrected chi connectivity index (χ4v) is 3.53. The van der Waals surface area contributed by atoms with Gasteiger partial charge in [0.15, 0.2) is 5.78 Å². The second-order valence-electron chi connectivity index (χ2n) is 5.24. The van der Waals surface area contributed by atoms with Crippen LogP contribution >= 0.6 is 11.6 Å². The second-order valence-corrected chi connectivity index (χ2v) is 5.51. The number of halogens is 1. The molecule has 16 heavy (non-hydrogen) atoms. The van der Waals surface area contributed by atoms with E-state index in [4.69, 9.17) is 11.6 Å². The van der Waals surface area contributed by atoms with E-state index < -0.39 is 0 Å². The van der Waals surface area contributed by atoms with Crippen molar-refractivity contribution in [2.75, 3.05) is 5.88 Å². The topological polar surface area (TPSA) is 17.1 Å². The SMILES string of the molecule is C=C(CCl)C12CCC(=O)C1=C(C)C(C)CC2. The van der Waals surface area contributed by atoms with E-state index in [1.54, 1.807) is 0 Å². The maximum atomic E-state index is 12.0. The van der Waals surface area contributed by atoms with Gasteiger partial charge >= 0.3 is 0 Å². The van der Waals surface area contributed by atoms with E-state index in [1.807, 2.05) is 0 Å². The van der Waals surface area contributed by atoms with Gasteiger partial charge in [0.1, 0.15) is 0 Å². The standard InChI is InChI=1S/C14H19ClO/c1-9-4-6-14(10(2)8-15)7-5-12(16)13(14)11(9)3/h9H,2,4-8H2,1,3H3. The van der Waals surface area contributed by atoms with Gasteiger partial charge in [-0.05, 0) is 32.1 Å². The zero-order valence-electron chi connectivity index (χ0n) is 10.1. The van der Waals surface area contributed by atoms with Crippen molar-refractivity contribution in [1.82, 2.24) is 0 Å². The summed E-state index contributed by atoms with van der Waals surface area (Å²) in [6.07, 6.45) is 3.81. The molecule has 0 radical (unpaired) electrons. The Labute approximate surface area is 103 Å². The molecule has 0 aromatic carbocycles. The largest absolute Gasteiger partial charge is 0.295 e. The van der Waals surface area contributed by atoms with E-state index in [9.17, 15) is 4.79 Å². The third-order valence-corrected chi connectivity index (χ3v) is 4.83. The average Bonchev–Trinajstić information content (AvgIpc) is 2.62. The van der Waals surface area contributed by atoms with Crippen LogP contribution < -0.4 is 0 Å². The molecule has 2 aliphatic rings. The van der Waals surface area contributed by atoms with E-state index >= 15 is 0 Å². The van der Waals surface area contributed by atoms with Crippen LogP contribution in [0.15, 0.2) is 23.3 Å². The van der Waals surface area contributed by atoms with Gasteiger partial charge in [-0.1, -0.05) is 24.6 Å². The van der Waals surface area contributed by atoms with Crippen LogP contribution in [-0.4, -0.2) is 11.7 Å². The summed E-state index contributed by atoms with van der Waals surface area (Å²) < 4.78 is 0. The lowest BCUT2D eigenvalue weighted by Gasteiger charge is -2.39. The molecule has 2 unspecified atom stereocenters. The molecule has 0 N–H and O–H groups in total. The maximum Gasteiger partial charge on any atom is 0.159 e. The van der Waals surface area contributed by atoms with Crippen LogP contribution in [0.1, 0.15) is 39.5 Å². The molecule has 0 spiro atoms. The summed E-state index contributed by atoms with van der Waals surface area (Å²) in [5, 5.41) is 0. The van der Waals surface area contributed by atoms with Gasteiger partial charge in [-0.15, -0.1) is 11.6 Å². The minimum absolute atomic E-state index is 0.0740. The van der Waals surface area contributed by atoms with Crippen molar-refractivity contribution >= 4 is 17.4 Å². The summed E-state index contributed by atoms with van der Waals surface area (Å²) in [7, 11) is 0. The highest BCUT2D eigenvalue weighted by molar-refractivity contribution is 6.19. The Balaban J connectivity index is 2.54. The second kappa shape index (κ2) is 4.03. The molecule has 0 bridgehead atoms. The smallest absolute Gasteiger partial charge is 0.159 e. The Hall–Kier alpha value is -0.560. The number of rotatable bonds is 2. The Bertz CT molecular complexity index is 380. The summed E-state index contributed by atoms with van der Waals surface area (Å²) in [6.45, 7) is 8.43. The third kappa shape index (κ3) is 1.48. The number of fused-ring (bicyclic) bond motifs is 1. The van der Waals surface area contributed by atoms with E-state index in [0.29, 0.717) is 24.0 Å². The Morgan fingerprint density at radius 2 is 2.25 bits per heavy atom. The third-order valence-electron chi connectivity index (χ3n) is 4.51. The Morgan fingerprint density at radius 3 is 2.88 bits per heavy atom. The first-order valence-electron chi connectivity index (χ1n) is 6.01. The highest BCUT2D eigenvalue weighted by Gasteiger charge is 2.48. The zero-order chi connectivity index (χ0) is 11.9. The molecule has 2 aliphatic carbocycles. The molecule has 0 saturated heterocycles. The van der Waals surface area contributed by atoms with E-state index in [2.05, 4.69) is 20.4 Å². The molecule has 2 atom stereocenters. The molecule has 1 nitrogen and oxygen atoms in total. The fourth-order valence-electron chi connectivity index (χ4n) is 3.28. The molecule has 0 aromatic heterocycles. The van der Waals surface area contributed by atoms with Crippen molar-refractivity contribution in [3.63, 3.8) is 0 Å². The van der Waals surface area contributed by atoms with Crippen LogP contribution in [0.3, 0.4) is 0 Å². The highest BCUT2D eigenvalue weighted by Crippen LogP contribution is 2.55. The molecular weight excluding hydrogens is 220 g/mol. The number of hydrogen-bond donors (Lipinski definition) is 0. The molecule has 1 fully saturated rings. The fraction of sp³-hybridized carbons (Fsp3) is 0.643.